The average Bonchev–Trinajstić information content (AvgIpc) is 1.66. The van der Waals surface area contributed by atoms with Crippen molar-refractivity contribution < 1.29 is 9.90 Å². The van der Waals surface area contributed by atoms with Gasteiger partial charge in [0.15, 0.2) is 0 Å². The summed E-state index contributed by atoms with van der Waals surface area (Å²) in [6, 6.07) is 0. The van der Waals surface area contributed by atoms with Gasteiger partial charge in [-0.15, -0.1) is 0 Å². The molecule has 1 atom stereocenters. The number of carbonyl (C=O) groups is 1. The van der Waals surface area contributed by atoms with Crippen LogP contribution in [0.1, 0.15) is 6.42 Å². The normalized spacial score (nSPS) is 11.8. The van der Waals surface area contributed by atoms with Gasteiger partial charge in [0, 0.05) is 0 Å². The van der Waals surface area contributed by atoms with E-state index in [1.54, 1.807) is 0 Å². The molecule has 0 aliphatic rings. The summed E-state index contributed by atoms with van der Waals surface area (Å²) in [5, 5.41) is 8.15. The molecule has 0 aromatic carbocycles. The molecule has 0 heterocycles. The van der Waals surface area contributed by atoms with E-state index in [1.165, 1.54) is 8.93 Å². The maximum absolute atomic E-state index is 9.88. The first-order valence-electron chi connectivity index (χ1n) is 2.64. The van der Waals surface area contributed by atoms with Gasteiger partial charge in [0.1, 0.15) is 0 Å². The first-order chi connectivity index (χ1) is 3.77. The molecule has 2 nitrogen and oxygen atoms in total. The van der Waals surface area contributed by atoms with Crippen molar-refractivity contribution in [2.75, 3.05) is 0 Å². The Morgan fingerprint density at radius 1 is 2.00 bits per heavy atom. The van der Waals surface area contributed by atoms with E-state index in [9.17, 15) is 4.79 Å². The van der Waals surface area contributed by atoms with Crippen LogP contribution in [-0.4, -0.2) is 16.9 Å². The number of rotatable bonds is 3. The van der Waals surface area contributed by atoms with E-state index in [1.807, 2.05) is 5.80 Å². The van der Waals surface area contributed by atoms with E-state index in [-0.39, 0.29) is 7.96 Å². The van der Waals surface area contributed by atoms with Gasteiger partial charge in [-0.2, -0.15) is 0 Å². The van der Waals surface area contributed by atoms with Crippen molar-refractivity contribution in [1.82, 2.24) is 0 Å². The van der Waals surface area contributed by atoms with E-state index in [0.29, 0.717) is 14.3 Å². The van der Waals surface area contributed by atoms with Gasteiger partial charge in [-0.05, 0) is 0 Å². The van der Waals surface area contributed by atoms with Crippen LogP contribution in [0.3, 0.4) is 0 Å². The Hall–Kier alpha value is 0.630. The van der Waals surface area contributed by atoms with E-state index in [4.69, 9.17) is 5.11 Å². The van der Waals surface area contributed by atoms with Gasteiger partial charge in [0.2, 0.25) is 0 Å². The minimum absolute atomic E-state index is 0.274. The SMILES string of the molecule is O=C(O)C/C=[PH2]/[PH3][PH4]. The molecule has 0 saturated heterocycles. The standard InChI is InChI=1S/C3H13O2P3/c4-3(5)1-2-7-8-6/h2H,1,7H2,8H3,6H4,(H,4,5). The molecular formula is C3H13O2P3. The van der Waals surface area contributed by atoms with Crippen LogP contribution < -0.4 is 0 Å². The van der Waals surface area contributed by atoms with Crippen LogP contribution in [0.4, 0.5) is 0 Å². The molecule has 8 heavy (non-hydrogen) atoms. The van der Waals surface area contributed by atoms with Gasteiger partial charge in [-0.3, -0.25) is 0 Å². The second-order valence-electron chi connectivity index (χ2n) is 1.48. The molecule has 0 spiro atoms. The summed E-state index contributed by atoms with van der Waals surface area (Å²) < 4.78 is 0. The van der Waals surface area contributed by atoms with Crippen molar-refractivity contribution in [3.8, 4) is 0 Å². The van der Waals surface area contributed by atoms with Crippen LogP contribution in [-0.2, 0) is 4.79 Å². The van der Waals surface area contributed by atoms with Crippen LogP contribution in [0.15, 0.2) is 0 Å². The molecule has 0 saturated carbocycles. The van der Waals surface area contributed by atoms with Crippen LogP contribution in [0.25, 0.3) is 0 Å². The van der Waals surface area contributed by atoms with Gasteiger partial charge in [0.05, 0.1) is 0 Å². The number of aliphatic carboxylic acids is 1. The van der Waals surface area contributed by atoms with Crippen LogP contribution >= 0.6 is 24.8 Å². The van der Waals surface area contributed by atoms with Crippen molar-refractivity contribution >= 4 is 36.5 Å². The van der Waals surface area contributed by atoms with Crippen molar-refractivity contribution in [1.29, 1.82) is 0 Å². The summed E-state index contributed by atoms with van der Waals surface area (Å²) in [6.45, 7) is 0. The van der Waals surface area contributed by atoms with Crippen LogP contribution in [0.5, 0.6) is 0 Å². The van der Waals surface area contributed by atoms with Gasteiger partial charge in [-0.25, -0.2) is 0 Å². The zero-order chi connectivity index (χ0) is 6.41. The first kappa shape index (κ1) is 8.63. The molecule has 52 valence electrons. The predicted molar refractivity (Wildman–Crippen MR) is 51.6 cm³/mol. The molecule has 5 heteroatoms. The van der Waals surface area contributed by atoms with E-state index >= 15 is 0 Å². The molecule has 0 fully saturated rings. The predicted octanol–water partition coefficient (Wildman–Crippen LogP) is -0.0131. The molecule has 0 aromatic rings. The van der Waals surface area contributed by atoms with Gasteiger partial charge in [0.25, 0.3) is 0 Å². The second kappa shape index (κ2) is 5.76. The van der Waals surface area contributed by atoms with Crippen LogP contribution in [0.2, 0.25) is 0 Å². The first-order valence-corrected chi connectivity index (χ1v) is 12.2. The Kier molecular flexibility index (Phi) is 6.21. The summed E-state index contributed by atoms with van der Waals surface area (Å²) in [4.78, 5) is 9.88. The molecule has 0 rings (SSSR count). The molecule has 0 bridgehead atoms. The minimum atomic E-state index is -0.679. The zero-order valence-electron chi connectivity index (χ0n) is 4.92. The monoisotopic (exact) mass is 174 g/mol. The molecule has 1 unspecified atom stereocenters. The molecule has 0 amide bonds. The topological polar surface area (TPSA) is 37.3 Å². The van der Waals surface area contributed by atoms with E-state index in [2.05, 4.69) is 0 Å². The molecule has 0 aliphatic carbocycles. The molecular weight excluding hydrogens is 161 g/mol. The zero-order valence-corrected chi connectivity index (χ0v) is 9.49. The summed E-state index contributed by atoms with van der Waals surface area (Å²) in [5.74, 6) is 1.28. The molecule has 0 radical (unpaired) electrons. The maximum atomic E-state index is 9.88. The van der Waals surface area contributed by atoms with Crippen LogP contribution in [0, 0.1) is 0 Å². The Labute approximate surface area is 53.6 Å². The third-order valence-electron chi connectivity index (χ3n) is 0.695. The molecule has 0 aromatic heterocycles. The molecule has 0 aliphatic heterocycles. The van der Waals surface area contributed by atoms with Gasteiger partial charge < -0.3 is 0 Å². The third-order valence-corrected chi connectivity index (χ3v) is 8.39. The summed E-state index contributed by atoms with van der Waals surface area (Å²) in [5.41, 5.74) is 0. The number of carboxylic acids is 1. The number of carboxylic acid groups (broad SMARTS) is 1. The van der Waals surface area contributed by atoms with Crippen molar-refractivity contribution in [3.05, 3.63) is 0 Å². The fourth-order valence-electron chi connectivity index (χ4n) is 0.351. The second-order valence-corrected chi connectivity index (χ2v) is 14.4. The number of hydrogen-bond donors (Lipinski definition) is 1. The quantitative estimate of drug-likeness (QED) is 0.611. The van der Waals surface area contributed by atoms with Crippen molar-refractivity contribution in [2.45, 2.75) is 6.42 Å². The van der Waals surface area contributed by atoms with Crippen molar-refractivity contribution in [2.24, 2.45) is 0 Å². The molecule has 1 N–H and O–H groups in total. The third kappa shape index (κ3) is 6.63. The Morgan fingerprint density at radius 2 is 2.62 bits per heavy atom. The number of hydrogen-bond acceptors (Lipinski definition) is 1. The Morgan fingerprint density at radius 3 is 3.00 bits per heavy atom. The average molecular weight is 174 g/mol. The summed E-state index contributed by atoms with van der Waals surface area (Å²) in [6.07, 6.45) is 0.296. The van der Waals surface area contributed by atoms with Crippen molar-refractivity contribution in [3.63, 3.8) is 0 Å². The van der Waals surface area contributed by atoms with Gasteiger partial charge >= 0.3 is 52.9 Å². The van der Waals surface area contributed by atoms with Gasteiger partial charge in [-0.1, -0.05) is 0 Å². The fraction of sp³-hybridized carbons (Fsp3) is 0.333. The Balaban J connectivity index is 3.16. The summed E-state index contributed by atoms with van der Waals surface area (Å²) in [7, 11) is 2.11. The fourth-order valence-corrected chi connectivity index (χ4v) is 5.55. The van der Waals surface area contributed by atoms with E-state index < -0.39 is 5.97 Å². The Bertz CT molecular complexity index is 101. The van der Waals surface area contributed by atoms with E-state index in [0.717, 1.165) is 0 Å². The summed E-state index contributed by atoms with van der Waals surface area (Å²) >= 11 is 0.